The van der Waals surface area contributed by atoms with Gasteiger partial charge in [-0.25, -0.2) is 4.79 Å². The summed E-state index contributed by atoms with van der Waals surface area (Å²) in [7, 11) is 1.58. The highest BCUT2D eigenvalue weighted by Crippen LogP contribution is 2.24. The van der Waals surface area contributed by atoms with E-state index in [2.05, 4.69) is 16.3 Å². The Bertz CT molecular complexity index is 775. The topological polar surface area (TPSA) is 68.6 Å². The zero-order chi connectivity index (χ0) is 17.6. The minimum absolute atomic E-state index is 0.121. The first-order chi connectivity index (χ1) is 12.2. The molecule has 0 spiro atoms. The summed E-state index contributed by atoms with van der Waals surface area (Å²) in [6.07, 6.45) is 0. The van der Waals surface area contributed by atoms with Gasteiger partial charge in [0.2, 0.25) is 0 Å². The van der Waals surface area contributed by atoms with Crippen molar-refractivity contribution in [3.05, 3.63) is 54.1 Å². The van der Waals surface area contributed by atoms with Crippen molar-refractivity contribution in [3.63, 3.8) is 0 Å². The normalized spacial score (nSPS) is 13.9. The fourth-order valence-electron chi connectivity index (χ4n) is 2.86. The highest BCUT2D eigenvalue weighted by atomic mass is 16.5. The Balaban J connectivity index is 1.58. The Kier molecular flexibility index (Phi) is 5.05. The first kappa shape index (κ1) is 16.7. The van der Waals surface area contributed by atoms with Crippen LogP contribution in [-0.4, -0.2) is 44.2 Å². The number of nitrogens with one attached hydrogen (secondary N) is 1. The Morgan fingerprint density at radius 2 is 1.76 bits per heavy atom. The lowest BCUT2D eigenvalue weighted by atomic mass is 10.2. The van der Waals surface area contributed by atoms with Crippen LogP contribution in [0.2, 0.25) is 0 Å². The van der Waals surface area contributed by atoms with Crippen LogP contribution in [0.5, 0.6) is 5.75 Å². The molecule has 2 aromatic carbocycles. The molecule has 6 nitrogen and oxygen atoms in total. The Hall–Kier alpha value is -3.20. The molecule has 1 N–H and O–H groups in total. The third-order valence-corrected chi connectivity index (χ3v) is 4.28. The average molecular weight is 336 g/mol. The second-order valence-corrected chi connectivity index (χ2v) is 5.76. The molecule has 0 bridgehead atoms. The molecule has 1 saturated heterocycles. The van der Waals surface area contributed by atoms with E-state index in [0.717, 1.165) is 18.8 Å². The lowest BCUT2D eigenvalue weighted by Gasteiger charge is -2.36. The second kappa shape index (κ2) is 7.58. The first-order valence-corrected chi connectivity index (χ1v) is 8.15. The minimum atomic E-state index is -0.121. The van der Waals surface area contributed by atoms with Crippen LogP contribution >= 0.6 is 0 Å². The van der Waals surface area contributed by atoms with E-state index in [4.69, 9.17) is 10.00 Å². The van der Waals surface area contributed by atoms with Gasteiger partial charge in [0.1, 0.15) is 5.75 Å². The van der Waals surface area contributed by atoms with E-state index >= 15 is 0 Å². The predicted molar refractivity (Wildman–Crippen MR) is 97.0 cm³/mol. The molecule has 3 rings (SSSR count). The number of nitriles is 1. The molecule has 0 radical (unpaired) electrons. The van der Waals surface area contributed by atoms with Gasteiger partial charge >= 0.3 is 6.03 Å². The van der Waals surface area contributed by atoms with Crippen molar-refractivity contribution in [3.8, 4) is 11.8 Å². The molecule has 0 aliphatic carbocycles. The maximum absolute atomic E-state index is 12.5. The van der Waals surface area contributed by atoms with Crippen LogP contribution in [0.15, 0.2) is 48.5 Å². The molecule has 128 valence electrons. The SMILES string of the molecule is COc1ccccc1NC(=O)N1CCN(c2ccc(C#N)cc2)CC1. The third kappa shape index (κ3) is 3.83. The van der Waals surface area contributed by atoms with Gasteiger partial charge in [0.15, 0.2) is 0 Å². The number of benzene rings is 2. The van der Waals surface area contributed by atoms with Crippen LogP contribution in [0, 0.1) is 11.3 Å². The number of para-hydroxylation sites is 2. The summed E-state index contributed by atoms with van der Waals surface area (Å²) < 4.78 is 5.26. The van der Waals surface area contributed by atoms with Crippen LogP contribution in [-0.2, 0) is 0 Å². The fraction of sp³-hybridized carbons (Fsp3) is 0.263. The van der Waals surface area contributed by atoms with E-state index in [1.54, 1.807) is 12.0 Å². The van der Waals surface area contributed by atoms with Gasteiger partial charge in [0, 0.05) is 31.9 Å². The Labute approximate surface area is 147 Å². The van der Waals surface area contributed by atoms with Gasteiger partial charge in [-0.3, -0.25) is 0 Å². The van der Waals surface area contributed by atoms with Crippen molar-refractivity contribution in [2.75, 3.05) is 43.5 Å². The minimum Gasteiger partial charge on any atom is -0.495 e. The number of carbonyl (C=O) groups is 1. The maximum atomic E-state index is 12.5. The summed E-state index contributed by atoms with van der Waals surface area (Å²) in [5.41, 5.74) is 2.40. The molecule has 1 aliphatic heterocycles. The number of urea groups is 1. The smallest absolute Gasteiger partial charge is 0.322 e. The predicted octanol–water partition coefficient (Wildman–Crippen LogP) is 2.92. The lowest BCUT2D eigenvalue weighted by molar-refractivity contribution is 0.208. The molecule has 25 heavy (non-hydrogen) atoms. The lowest BCUT2D eigenvalue weighted by Crippen LogP contribution is -2.50. The number of hydrogen-bond donors (Lipinski definition) is 1. The molecular formula is C19H20N4O2. The van der Waals surface area contributed by atoms with Gasteiger partial charge in [0.05, 0.1) is 24.4 Å². The number of rotatable bonds is 3. The van der Waals surface area contributed by atoms with Gasteiger partial charge in [-0.1, -0.05) is 12.1 Å². The first-order valence-electron chi connectivity index (χ1n) is 8.15. The van der Waals surface area contributed by atoms with Crippen molar-refractivity contribution in [1.82, 2.24) is 4.90 Å². The number of amides is 2. The van der Waals surface area contributed by atoms with Crippen LogP contribution in [0.4, 0.5) is 16.2 Å². The van der Waals surface area contributed by atoms with Crippen LogP contribution in [0.25, 0.3) is 0 Å². The highest BCUT2D eigenvalue weighted by molar-refractivity contribution is 5.91. The van der Waals surface area contributed by atoms with Crippen LogP contribution in [0.1, 0.15) is 5.56 Å². The molecule has 1 fully saturated rings. The fourth-order valence-corrected chi connectivity index (χ4v) is 2.86. The number of nitrogens with zero attached hydrogens (tertiary/aromatic N) is 3. The van der Waals surface area contributed by atoms with Crippen LogP contribution < -0.4 is 15.0 Å². The van der Waals surface area contributed by atoms with Gasteiger partial charge in [-0.15, -0.1) is 0 Å². The number of anilines is 2. The number of hydrogen-bond acceptors (Lipinski definition) is 4. The largest absolute Gasteiger partial charge is 0.495 e. The van der Waals surface area contributed by atoms with Crippen molar-refractivity contribution in [2.45, 2.75) is 0 Å². The molecule has 1 heterocycles. The summed E-state index contributed by atoms with van der Waals surface area (Å²) in [4.78, 5) is 16.5. The highest BCUT2D eigenvalue weighted by Gasteiger charge is 2.22. The van der Waals surface area contributed by atoms with E-state index in [1.165, 1.54) is 0 Å². The van der Waals surface area contributed by atoms with E-state index < -0.39 is 0 Å². The molecule has 6 heteroatoms. The zero-order valence-corrected chi connectivity index (χ0v) is 14.1. The summed E-state index contributed by atoms with van der Waals surface area (Å²) >= 11 is 0. The van der Waals surface area contributed by atoms with Gasteiger partial charge in [-0.2, -0.15) is 5.26 Å². The average Bonchev–Trinajstić information content (AvgIpc) is 2.68. The standard InChI is InChI=1S/C19H20N4O2/c1-25-18-5-3-2-4-17(18)21-19(24)23-12-10-22(11-13-23)16-8-6-15(14-20)7-9-16/h2-9H,10-13H2,1H3,(H,21,24). The molecule has 2 amide bonds. The quantitative estimate of drug-likeness (QED) is 0.936. The number of carbonyl (C=O) groups excluding carboxylic acids is 1. The number of piperazine rings is 1. The van der Waals surface area contributed by atoms with E-state index in [1.807, 2.05) is 48.5 Å². The van der Waals surface area contributed by atoms with Crippen molar-refractivity contribution in [1.29, 1.82) is 5.26 Å². The van der Waals surface area contributed by atoms with E-state index in [-0.39, 0.29) is 6.03 Å². The summed E-state index contributed by atoms with van der Waals surface area (Å²) in [6, 6.07) is 16.9. The van der Waals surface area contributed by atoms with Gasteiger partial charge in [-0.05, 0) is 36.4 Å². The third-order valence-electron chi connectivity index (χ3n) is 4.28. The maximum Gasteiger partial charge on any atom is 0.322 e. The molecule has 1 aliphatic rings. The number of ether oxygens (including phenoxy) is 1. The molecule has 2 aromatic rings. The van der Waals surface area contributed by atoms with Gasteiger partial charge in [0.25, 0.3) is 0 Å². The molecule has 0 saturated carbocycles. The molecular weight excluding hydrogens is 316 g/mol. The van der Waals surface area contributed by atoms with Crippen molar-refractivity contribution < 1.29 is 9.53 Å². The Morgan fingerprint density at radius 1 is 1.08 bits per heavy atom. The summed E-state index contributed by atoms with van der Waals surface area (Å²) in [5, 5.41) is 11.8. The van der Waals surface area contributed by atoms with E-state index in [0.29, 0.717) is 30.1 Å². The summed E-state index contributed by atoms with van der Waals surface area (Å²) in [5.74, 6) is 0.645. The monoisotopic (exact) mass is 336 g/mol. The van der Waals surface area contributed by atoms with Crippen molar-refractivity contribution >= 4 is 17.4 Å². The molecule has 0 aromatic heterocycles. The molecule has 0 unspecified atom stereocenters. The van der Waals surface area contributed by atoms with Crippen LogP contribution in [0.3, 0.4) is 0 Å². The van der Waals surface area contributed by atoms with Crippen molar-refractivity contribution in [2.24, 2.45) is 0 Å². The number of methoxy groups -OCH3 is 1. The summed E-state index contributed by atoms with van der Waals surface area (Å²) in [6.45, 7) is 2.79. The van der Waals surface area contributed by atoms with Gasteiger partial charge < -0.3 is 19.9 Å². The molecule has 0 atom stereocenters. The second-order valence-electron chi connectivity index (χ2n) is 5.76. The van der Waals surface area contributed by atoms with E-state index in [9.17, 15) is 4.79 Å². The Morgan fingerprint density at radius 3 is 2.40 bits per heavy atom. The zero-order valence-electron chi connectivity index (χ0n) is 14.1.